The van der Waals surface area contributed by atoms with Gasteiger partial charge in [0.2, 0.25) is 5.16 Å². The summed E-state index contributed by atoms with van der Waals surface area (Å²) in [6, 6.07) is 0. The normalized spacial score (nSPS) is 11.3. The van der Waals surface area contributed by atoms with Gasteiger partial charge in [0.1, 0.15) is 0 Å². The summed E-state index contributed by atoms with van der Waals surface area (Å²) < 4.78 is 1.86. The minimum absolute atomic E-state index is 0.831. The summed E-state index contributed by atoms with van der Waals surface area (Å²) in [7, 11) is 4.14. The van der Waals surface area contributed by atoms with E-state index in [1.165, 1.54) is 0 Å². The van der Waals surface area contributed by atoms with Crippen molar-refractivity contribution in [1.82, 2.24) is 30.4 Å². The van der Waals surface area contributed by atoms with Gasteiger partial charge in [-0.25, -0.2) is 4.68 Å². The van der Waals surface area contributed by atoms with E-state index in [2.05, 4.69) is 46.8 Å². The number of tetrazole rings is 1. The van der Waals surface area contributed by atoms with Gasteiger partial charge in [0.05, 0.1) is 6.54 Å². The van der Waals surface area contributed by atoms with Crippen LogP contribution >= 0.6 is 11.8 Å². The number of aromatic nitrogens is 4. The van der Waals surface area contributed by atoms with Gasteiger partial charge in [-0.1, -0.05) is 18.7 Å². The SMILES string of the molecule is CCCNCCn1nnnc1SCCN(C)C. The van der Waals surface area contributed by atoms with Gasteiger partial charge in [0, 0.05) is 18.8 Å². The van der Waals surface area contributed by atoms with Gasteiger partial charge in [-0.2, -0.15) is 0 Å². The number of thioether (sulfide) groups is 1. The maximum atomic E-state index is 4.03. The predicted octanol–water partition coefficient (Wildman–Crippen LogP) is 0.326. The third-order valence-electron chi connectivity index (χ3n) is 2.20. The van der Waals surface area contributed by atoms with E-state index in [-0.39, 0.29) is 0 Å². The fourth-order valence-corrected chi connectivity index (χ4v) is 2.26. The summed E-state index contributed by atoms with van der Waals surface area (Å²) in [5.74, 6) is 1.01. The molecule has 0 bridgehead atoms. The largest absolute Gasteiger partial charge is 0.315 e. The third-order valence-corrected chi connectivity index (χ3v) is 3.13. The van der Waals surface area contributed by atoms with E-state index < -0.39 is 0 Å². The Morgan fingerprint density at radius 1 is 1.35 bits per heavy atom. The number of hydrogen-bond donors (Lipinski definition) is 1. The minimum Gasteiger partial charge on any atom is -0.315 e. The zero-order valence-corrected chi connectivity index (χ0v) is 11.7. The summed E-state index contributed by atoms with van der Waals surface area (Å²) in [6.07, 6.45) is 1.15. The van der Waals surface area contributed by atoms with Crippen LogP contribution in [0.2, 0.25) is 0 Å². The van der Waals surface area contributed by atoms with Crippen molar-refractivity contribution >= 4 is 11.8 Å². The van der Waals surface area contributed by atoms with Crippen LogP contribution in [0, 0.1) is 0 Å². The second-order valence-electron chi connectivity index (χ2n) is 4.09. The molecule has 1 heterocycles. The highest BCUT2D eigenvalue weighted by molar-refractivity contribution is 7.99. The van der Waals surface area contributed by atoms with Gasteiger partial charge < -0.3 is 10.2 Å². The van der Waals surface area contributed by atoms with E-state index in [4.69, 9.17) is 0 Å². The Morgan fingerprint density at radius 2 is 2.18 bits per heavy atom. The van der Waals surface area contributed by atoms with Crippen LogP contribution < -0.4 is 5.32 Å². The molecule has 7 heteroatoms. The Hall–Kier alpha value is -0.660. The molecule has 1 aromatic rings. The lowest BCUT2D eigenvalue weighted by molar-refractivity contribution is 0.437. The van der Waals surface area contributed by atoms with Gasteiger partial charge in [0.15, 0.2) is 0 Å². The summed E-state index contributed by atoms with van der Waals surface area (Å²) in [5.41, 5.74) is 0. The molecule has 0 aliphatic heterocycles. The van der Waals surface area contributed by atoms with E-state index in [0.29, 0.717) is 0 Å². The molecule has 0 aliphatic carbocycles. The van der Waals surface area contributed by atoms with E-state index in [0.717, 1.165) is 43.5 Å². The van der Waals surface area contributed by atoms with Crippen molar-refractivity contribution in [2.45, 2.75) is 25.0 Å². The van der Waals surface area contributed by atoms with Crippen LogP contribution in [0.5, 0.6) is 0 Å². The molecule has 17 heavy (non-hydrogen) atoms. The number of hydrogen-bond acceptors (Lipinski definition) is 6. The van der Waals surface area contributed by atoms with Crippen molar-refractivity contribution in [2.24, 2.45) is 0 Å². The van der Waals surface area contributed by atoms with Crippen molar-refractivity contribution < 1.29 is 0 Å². The van der Waals surface area contributed by atoms with Crippen LogP contribution in [-0.2, 0) is 6.54 Å². The van der Waals surface area contributed by atoms with Crippen LogP contribution in [-0.4, -0.2) is 64.6 Å². The first-order valence-corrected chi connectivity index (χ1v) is 6.97. The molecule has 98 valence electrons. The summed E-state index contributed by atoms with van der Waals surface area (Å²) in [4.78, 5) is 2.16. The Kier molecular flexibility index (Phi) is 7.14. The van der Waals surface area contributed by atoms with Crippen molar-refractivity contribution in [1.29, 1.82) is 0 Å². The Balaban J connectivity index is 2.27. The maximum absolute atomic E-state index is 4.03. The molecule has 6 nitrogen and oxygen atoms in total. The van der Waals surface area contributed by atoms with Gasteiger partial charge in [0.25, 0.3) is 0 Å². The molecular formula is C10H22N6S. The molecule has 0 fully saturated rings. The molecule has 0 radical (unpaired) electrons. The zero-order valence-electron chi connectivity index (χ0n) is 10.9. The predicted molar refractivity (Wildman–Crippen MR) is 70.3 cm³/mol. The number of nitrogens with one attached hydrogen (secondary N) is 1. The highest BCUT2D eigenvalue weighted by Crippen LogP contribution is 2.12. The molecule has 1 aromatic heterocycles. The topological polar surface area (TPSA) is 58.9 Å². The second-order valence-corrected chi connectivity index (χ2v) is 5.15. The second kappa shape index (κ2) is 8.43. The van der Waals surface area contributed by atoms with E-state index >= 15 is 0 Å². The quantitative estimate of drug-likeness (QED) is 0.509. The van der Waals surface area contributed by atoms with Gasteiger partial charge >= 0.3 is 0 Å². The van der Waals surface area contributed by atoms with Crippen LogP contribution in [0.3, 0.4) is 0 Å². The first kappa shape index (κ1) is 14.4. The molecular weight excluding hydrogens is 236 g/mol. The average molecular weight is 258 g/mol. The molecule has 0 saturated heterocycles. The molecule has 0 aromatic carbocycles. The maximum Gasteiger partial charge on any atom is 0.209 e. The molecule has 0 saturated carbocycles. The first-order chi connectivity index (χ1) is 8.24. The molecule has 0 spiro atoms. The third kappa shape index (κ3) is 5.99. The smallest absolute Gasteiger partial charge is 0.209 e. The Labute approximate surface area is 107 Å². The van der Waals surface area contributed by atoms with E-state index in [1.807, 2.05) is 4.68 Å². The lowest BCUT2D eigenvalue weighted by Crippen LogP contribution is -2.21. The molecule has 1 rings (SSSR count). The monoisotopic (exact) mass is 258 g/mol. The fourth-order valence-electron chi connectivity index (χ4n) is 1.25. The first-order valence-electron chi connectivity index (χ1n) is 5.98. The van der Waals surface area contributed by atoms with E-state index in [9.17, 15) is 0 Å². The molecule has 0 aliphatic rings. The lowest BCUT2D eigenvalue weighted by Gasteiger charge is -2.08. The Morgan fingerprint density at radius 3 is 2.88 bits per heavy atom. The molecule has 0 amide bonds. The van der Waals surface area contributed by atoms with Crippen LogP contribution in [0.15, 0.2) is 5.16 Å². The highest BCUT2D eigenvalue weighted by Gasteiger charge is 2.05. The standard InChI is InChI=1S/C10H22N6S/c1-4-5-11-6-7-16-10(12-13-14-16)17-9-8-15(2)3/h11H,4-9H2,1-3H3. The summed E-state index contributed by atoms with van der Waals surface area (Å²) >= 11 is 1.70. The van der Waals surface area contributed by atoms with Crippen LogP contribution in [0.4, 0.5) is 0 Å². The molecule has 0 atom stereocenters. The van der Waals surface area contributed by atoms with Crippen molar-refractivity contribution in [3.05, 3.63) is 0 Å². The Bertz CT molecular complexity index is 301. The molecule has 0 unspecified atom stereocenters. The summed E-state index contributed by atoms with van der Waals surface area (Å²) in [5, 5.41) is 16.0. The van der Waals surface area contributed by atoms with Crippen molar-refractivity contribution in [3.8, 4) is 0 Å². The highest BCUT2D eigenvalue weighted by atomic mass is 32.2. The minimum atomic E-state index is 0.831. The van der Waals surface area contributed by atoms with E-state index in [1.54, 1.807) is 11.8 Å². The van der Waals surface area contributed by atoms with Gasteiger partial charge in [-0.15, -0.1) is 5.10 Å². The van der Waals surface area contributed by atoms with Crippen LogP contribution in [0.25, 0.3) is 0 Å². The number of nitrogens with zero attached hydrogens (tertiary/aromatic N) is 5. The lowest BCUT2D eigenvalue weighted by atomic mass is 10.5. The van der Waals surface area contributed by atoms with Crippen molar-refractivity contribution in [2.75, 3.05) is 39.5 Å². The van der Waals surface area contributed by atoms with Crippen molar-refractivity contribution in [3.63, 3.8) is 0 Å². The van der Waals surface area contributed by atoms with Gasteiger partial charge in [-0.05, 0) is 37.5 Å². The summed E-state index contributed by atoms with van der Waals surface area (Å²) in [6.45, 7) is 5.99. The number of rotatable bonds is 9. The molecule has 1 N–H and O–H groups in total. The van der Waals surface area contributed by atoms with Crippen LogP contribution in [0.1, 0.15) is 13.3 Å². The fraction of sp³-hybridized carbons (Fsp3) is 0.900. The van der Waals surface area contributed by atoms with Gasteiger partial charge in [-0.3, -0.25) is 0 Å². The average Bonchev–Trinajstić information content (AvgIpc) is 2.72. The zero-order chi connectivity index (χ0) is 12.5.